The van der Waals surface area contributed by atoms with Crippen molar-refractivity contribution < 1.29 is 4.74 Å². The van der Waals surface area contributed by atoms with E-state index in [1.807, 2.05) is 42.5 Å². The summed E-state index contributed by atoms with van der Waals surface area (Å²) >= 11 is 1.64. The van der Waals surface area contributed by atoms with Crippen molar-refractivity contribution in [3.63, 3.8) is 0 Å². The van der Waals surface area contributed by atoms with Gasteiger partial charge in [0.1, 0.15) is 12.4 Å². The predicted octanol–water partition coefficient (Wildman–Crippen LogP) is 4.85. The Hall–Kier alpha value is -2.87. The fourth-order valence-corrected chi connectivity index (χ4v) is 3.79. The molecule has 166 valence electrons. The number of halogens is 1. The monoisotopic (exact) mass is 467 g/mol. The number of hydrogen-bond donors (Lipinski definition) is 1. The van der Waals surface area contributed by atoms with E-state index in [-0.39, 0.29) is 12.4 Å². The smallest absolute Gasteiger partial charge is 0.214 e. The standard InChI is InChI=1S/C24H25N5OS.ClH/c1-19-7-9-21(10-8-19)18-30-23-13-11-20(12-14-23)17-25-15-16-31-24-26-27-28-29(24)22-5-3-2-4-6-22;/h2-14,25H,15-18H2,1H3;1H. The molecule has 0 atom stereocenters. The molecule has 1 heterocycles. The van der Waals surface area contributed by atoms with Crippen LogP contribution in [0.4, 0.5) is 0 Å². The van der Waals surface area contributed by atoms with Crippen molar-refractivity contribution >= 4 is 24.2 Å². The fourth-order valence-electron chi connectivity index (χ4n) is 3.00. The summed E-state index contributed by atoms with van der Waals surface area (Å²) in [7, 11) is 0. The zero-order chi connectivity index (χ0) is 21.3. The maximum Gasteiger partial charge on any atom is 0.214 e. The first kappa shape index (κ1) is 23.8. The molecular weight excluding hydrogens is 442 g/mol. The van der Waals surface area contributed by atoms with E-state index in [9.17, 15) is 0 Å². The first-order chi connectivity index (χ1) is 15.3. The molecule has 32 heavy (non-hydrogen) atoms. The Morgan fingerprint density at radius 1 is 0.906 bits per heavy atom. The van der Waals surface area contributed by atoms with Crippen LogP contribution in [0, 0.1) is 6.92 Å². The molecule has 0 unspecified atom stereocenters. The second-order valence-corrected chi connectivity index (χ2v) is 8.21. The summed E-state index contributed by atoms with van der Waals surface area (Å²) < 4.78 is 7.64. The van der Waals surface area contributed by atoms with Crippen molar-refractivity contribution in [2.75, 3.05) is 12.3 Å². The Bertz CT molecular complexity index is 1070. The molecule has 0 radical (unpaired) electrons. The molecular formula is C24H26ClN5OS. The number of hydrogen-bond acceptors (Lipinski definition) is 6. The summed E-state index contributed by atoms with van der Waals surface area (Å²) in [6, 6.07) is 26.6. The van der Waals surface area contributed by atoms with Crippen molar-refractivity contribution in [1.29, 1.82) is 0 Å². The Morgan fingerprint density at radius 2 is 1.62 bits per heavy atom. The maximum absolute atomic E-state index is 5.87. The van der Waals surface area contributed by atoms with Crippen LogP contribution in [-0.4, -0.2) is 32.5 Å². The molecule has 0 amide bonds. The van der Waals surface area contributed by atoms with Crippen LogP contribution in [0.25, 0.3) is 5.69 Å². The number of ether oxygens (including phenoxy) is 1. The molecule has 4 rings (SSSR count). The second-order valence-electron chi connectivity index (χ2n) is 7.15. The lowest BCUT2D eigenvalue weighted by Gasteiger charge is -2.09. The van der Waals surface area contributed by atoms with Gasteiger partial charge in [-0.15, -0.1) is 17.5 Å². The van der Waals surface area contributed by atoms with Crippen molar-refractivity contribution in [2.24, 2.45) is 0 Å². The molecule has 0 aliphatic rings. The highest BCUT2D eigenvalue weighted by Crippen LogP contribution is 2.18. The molecule has 0 spiro atoms. The fraction of sp³-hybridized carbons (Fsp3) is 0.208. The van der Waals surface area contributed by atoms with Crippen LogP contribution in [-0.2, 0) is 13.2 Å². The average molecular weight is 468 g/mol. The van der Waals surface area contributed by atoms with Crippen LogP contribution in [0.3, 0.4) is 0 Å². The number of benzene rings is 3. The van der Waals surface area contributed by atoms with Crippen molar-refractivity contribution in [1.82, 2.24) is 25.5 Å². The zero-order valence-electron chi connectivity index (χ0n) is 17.8. The number of nitrogens with zero attached hydrogens (tertiary/aromatic N) is 4. The van der Waals surface area contributed by atoms with E-state index in [1.165, 1.54) is 16.7 Å². The predicted molar refractivity (Wildman–Crippen MR) is 131 cm³/mol. The number of para-hydroxylation sites is 1. The van der Waals surface area contributed by atoms with Crippen molar-refractivity contribution in [3.05, 3.63) is 95.6 Å². The number of aromatic nitrogens is 4. The Labute approximate surface area is 198 Å². The summed E-state index contributed by atoms with van der Waals surface area (Å²) in [6.07, 6.45) is 0. The third-order valence-corrected chi connectivity index (χ3v) is 5.65. The number of thioether (sulfide) groups is 1. The van der Waals surface area contributed by atoms with E-state index in [4.69, 9.17) is 4.74 Å². The normalized spacial score (nSPS) is 10.5. The van der Waals surface area contributed by atoms with E-state index in [0.29, 0.717) is 6.61 Å². The molecule has 8 heteroatoms. The van der Waals surface area contributed by atoms with Crippen LogP contribution in [0.1, 0.15) is 16.7 Å². The van der Waals surface area contributed by atoms with Gasteiger partial charge in [0.25, 0.3) is 0 Å². The molecule has 0 fully saturated rings. The van der Waals surface area contributed by atoms with Crippen LogP contribution < -0.4 is 10.1 Å². The third-order valence-electron chi connectivity index (χ3n) is 4.73. The van der Waals surface area contributed by atoms with E-state index < -0.39 is 0 Å². The van der Waals surface area contributed by atoms with Crippen molar-refractivity contribution in [3.8, 4) is 11.4 Å². The van der Waals surface area contributed by atoms with Gasteiger partial charge < -0.3 is 10.1 Å². The van der Waals surface area contributed by atoms with Gasteiger partial charge in [-0.2, -0.15) is 4.68 Å². The van der Waals surface area contributed by atoms with Gasteiger partial charge in [0.2, 0.25) is 5.16 Å². The molecule has 0 saturated carbocycles. The van der Waals surface area contributed by atoms with Gasteiger partial charge in [0, 0.05) is 18.8 Å². The van der Waals surface area contributed by atoms with Crippen LogP contribution in [0.2, 0.25) is 0 Å². The van der Waals surface area contributed by atoms with E-state index >= 15 is 0 Å². The highest BCUT2D eigenvalue weighted by Gasteiger charge is 2.08. The van der Waals surface area contributed by atoms with Gasteiger partial charge in [-0.05, 0) is 52.7 Å². The lowest BCUT2D eigenvalue weighted by Crippen LogP contribution is -2.16. The van der Waals surface area contributed by atoms with Crippen LogP contribution in [0.15, 0.2) is 84.0 Å². The maximum atomic E-state index is 5.87. The highest BCUT2D eigenvalue weighted by atomic mass is 35.5. The minimum atomic E-state index is 0. The third kappa shape index (κ3) is 6.82. The topological polar surface area (TPSA) is 64.9 Å². The number of nitrogens with one attached hydrogen (secondary N) is 1. The molecule has 0 saturated heterocycles. The number of rotatable bonds is 10. The van der Waals surface area contributed by atoms with Gasteiger partial charge in [-0.1, -0.05) is 71.9 Å². The number of aryl methyl sites for hydroxylation is 1. The highest BCUT2D eigenvalue weighted by molar-refractivity contribution is 7.99. The summed E-state index contributed by atoms with van der Waals surface area (Å²) in [5, 5.41) is 16.3. The molecule has 3 aromatic carbocycles. The first-order valence-electron chi connectivity index (χ1n) is 10.2. The van der Waals surface area contributed by atoms with Gasteiger partial charge in [0.15, 0.2) is 0 Å². The van der Waals surface area contributed by atoms with E-state index in [2.05, 4.69) is 64.2 Å². The molecule has 1 N–H and O–H groups in total. The average Bonchev–Trinajstić information content (AvgIpc) is 3.28. The molecule has 0 bridgehead atoms. The Morgan fingerprint density at radius 3 is 2.38 bits per heavy atom. The second kappa shape index (κ2) is 12.2. The van der Waals surface area contributed by atoms with E-state index in [1.54, 1.807) is 16.4 Å². The summed E-state index contributed by atoms with van der Waals surface area (Å²) in [4.78, 5) is 0. The Balaban J connectivity index is 0.00000289. The van der Waals surface area contributed by atoms with E-state index in [0.717, 1.165) is 35.4 Å². The van der Waals surface area contributed by atoms with Crippen LogP contribution in [0.5, 0.6) is 5.75 Å². The van der Waals surface area contributed by atoms with Gasteiger partial charge in [-0.3, -0.25) is 0 Å². The van der Waals surface area contributed by atoms with Gasteiger partial charge in [-0.25, -0.2) is 0 Å². The molecule has 6 nitrogen and oxygen atoms in total. The lowest BCUT2D eigenvalue weighted by atomic mass is 10.2. The number of tetrazole rings is 1. The zero-order valence-corrected chi connectivity index (χ0v) is 19.5. The SMILES string of the molecule is Cc1ccc(COc2ccc(CNCCSc3nnnn3-c3ccccc3)cc2)cc1.Cl. The largest absolute Gasteiger partial charge is 0.489 e. The first-order valence-corrected chi connectivity index (χ1v) is 11.2. The quantitative estimate of drug-likeness (QED) is 0.265. The van der Waals surface area contributed by atoms with Gasteiger partial charge >= 0.3 is 0 Å². The van der Waals surface area contributed by atoms with Crippen molar-refractivity contribution in [2.45, 2.75) is 25.2 Å². The van der Waals surface area contributed by atoms with Crippen LogP contribution >= 0.6 is 24.2 Å². The van der Waals surface area contributed by atoms with Gasteiger partial charge in [0.05, 0.1) is 5.69 Å². The minimum absolute atomic E-state index is 0. The summed E-state index contributed by atoms with van der Waals surface area (Å²) in [6.45, 7) is 4.34. The summed E-state index contributed by atoms with van der Waals surface area (Å²) in [5.74, 6) is 1.76. The molecule has 0 aliphatic carbocycles. The lowest BCUT2D eigenvalue weighted by molar-refractivity contribution is 0.306. The molecule has 1 aromatic heterocycles. The Kier molecular flexibility index (Phi) is 9.10. The molecule has 4 aromatic rings. The molecule has 0 aliphatic heterocycles. The minimum Gasteiger partial charge on any atom is -0.489 e. The summed E-state index contributed by atoms with van der Waals surface area (Å²) in [5.41, 5.74) is 4.62.